The zero-order valence-electron chi connectivity index (χ0n) is 12.7. The topological polar surface area (TPSA) is 59.1 Å². The van der Waals surface area contributed by atoms with Crippen LogP contribution in [0.5, 0.6) is 0 Å². The van der Waals surface area contributed by atoms with Crippen molar-refractivity contribution in [1.29, 1.82) is 0 Å². The minimum Gasteiger partial charge on any atom is -0.308 e. The Kier molecular flexibility index (Phi) is 5.36. The van der Waals surface area contributed by atoms with Crippen molar-refractivity contribution in [2.75, 3.05) is 20.6 Å². The lowest BCUT2D eigenvalue weighted by atomic mass is 9.99. The minimum atomic E-state index is -0.177. The van der Waals surface area contributed by atoms with E-state index in [0.29, 0.717) is 5.02 Å². The SMILES string of the molecule is Cc1ccccc1C(NN)c1c(Cl)cnn1CCN(C)C. The smallest absolute Gasteiger partial charge is 0.0896 e. The summed E-state index contributed by atoms with van der Waals surface area (Å²) in [6.07, 6.45) is 1.68. The first-order chi connectivity index (χ1) is 10.0. The average molecular weight is 308 g/mol. The molecule has 6 heteroatoms. The van der Waals surface area contributed by atoms with E-state index in [4.69, 9.17) is 17.4 Å². The Labute approximate surface area is 130 Å². The molecule has 0 spiro atoms. The average Bonchev–Trinajstić information content (AvgIpc) is 2.81. The quantitative estimate of drug-likeness (QED) is 0.633. The van der Waals surface area contributed by atoms with E-state index >= 15 is 0 Å². The van der Waals surface area contributed by atoms with Crippen LogP contribution in [0.1, 0.15) is 22.9 Å². The molecule has 0 aliphatic rings. The number of rotatable bonds is 6. The summed E-state index contributed by atoms with van der Waals surface area (Å²) in [5.74, 6) is 5.80. The lowest BCUT2D eigenvalue weighted by molar-refractivity contribution is 0.365. The predicted molar refractivity (Wildman–Crippen MR) is 86.1 cm³/mol. The second kappa shape index (κ2) is 7.04. The van der Waals surface area contributed by atoms with Gasteiger partial charge in [0, 0.05) is 6.54 Å². The first kappa shape index (κ1) is 16.0. The molecule has 5 nitrogen and oxygen atoms in total. The number of aryl methyl sites for hydroxylation is 1. The van der Waals surface area contributed by atoms with Crippen molar-refractivity contribution in [2.24, 2.45) is 5.84 Å². The summed E-state index contributed by atoms with van der Waals surface area (Å²) in [5.41, 5.74) is 6.04. The van der Waals surface area contributed by atoms with Crippen molar-refractivity contribution in [3.8, 4) is 0 Å². The molecule has 0 aliphatic heterocycles. The number of nitrogens with zero attached hydrogens (tertiary/aromatic N) is 3. The number of halogens is 1. The minimum absolute atomic E-state index is 0.177. The molecule has 0 fully saturated rings. The number of hydrogen-bond acceptors (Lipinski definition) is 4. The molecular weight excluding hydrogens is 286 g/mol. The number of benzene rings is 1. The van der Waals surface area contributed by atoms with Crippen molar-refractivity contribution >= 4 is 11.6 Å². The molecule has 0 aliphatic carbocycles. The molecule has 1 atom stereocenters. The van der Waals surface area contributed by atoms with Gasteiger partial charge in [-0.05, 0) is 32.1 Å². The highest BCUT2D eigenvalue weighted by Gasteiger charge is 2.22. The van der Waals surface area contributed by atoms with E-state index in [1.807, 2.05) is 30.9 Å². The third-order valence-electron chi connectivity index (χ3n) is 3.53. The number of nitrogens with two attached hydrogens (primary N) is 1. The van der Waals surface area contributed by atoms with Gasteiger partial charge in [-0.15, -0.1) is 0 Å². The third-order valence-corrected chi connectivity index (χ3v) is 3.82. The van der Waals surface area contributed by atoms with Gasteiger partial charge in [-0.2, -0.15) is 5.10 Å². The summed E-state index contributed by atoms with van der Waals surface area (Å²) in [6, 6.07) is 7.95. The standard InChI is InChI=1S/C15H22ClN5/c1-11-6-4-5-7-12(11)14(19-17)15-13(16)10-18-21(15)9-8-20(2)3/h4-7,10,14,19H,8-9,17H2,1-3H3. The molecule has 0 saturated heterocycles. The molecule has 0 saturated carbocycles. The molecule has 1 aromatic carbocycles. The van der Waals surface area contributed by atoms with Crippen molar-refractivity contribution in [3.05, 3.63) is 52.3 Å². The summed E-state index contributed by atoms with van der Waals surface area (Å²) < 4.78 is 1.92. The Balaban J connectivity index is 2.38. The summed E-state index contributed by atoms with van der Waals surface area (Å²) in [7, 11) is 4.07. The van der Waals surface area contributed by atoms with E-state index in [2.05, 4.69) is 34.5 Å². The summed E-state index contributed by atoms with van der Waals surface area (Å²) in [5, 5.41) is 5.00. The highest BCUT2D eigenvalue weighted by molar-refractivity contribution is 6.31. The van der Waals surface area contributed by atoms with Crippen molar-refractivity contribution in [3.63, 3.8) is 0 Å². The molecule has 2 aromatic rings. The number of nitrogens with one attached hydrogen (secondary N) is 1. The maximum atomic E-state index is 6.34. The van der Waals surface area contributed by atoms with Gasteiger partial charge in [0.15, 0.2) is 0 Å². The zero-order chi connectivity index (χ0) is 15.4. The Bertz CT molecular complexity index is 593. The molecule has 0 amide bonds. The molecule has 3 N–H and O–H groups in total. The molecule has 1 unspecified atom stereocenters. The normalized spacial score (nSPS) is 12.9. The fourth-order valence-corrected chi connectivity index (χ4v) is 2.61. The van der Waals surface area contributed by atoms with Gasteiger partial charge in [-0.25, -0.2) is 5.43 Å². The second-order valence-electron chi connectivity index (χ2n) is 5.36. The van der Waals surface area contributed by atoms with E-state index in [-0.39, 0.29) is 6.04 Å². The monoisotopic (exact) mass is 307 g/mol. The highest BCUT2D eigenvalue weighted by Crippen LogP contribution is 2.29. The molecule has 2 rings (SSSR count). The van der Waals surface area contributed by atoms with Gasteiger partial charge >= 0.3 is 0 Å². The van der Waals surface area contributed by atoms with E-state index in [9.17, 15) is 0 Å². The van der Waals surface area contributed by atoms with Gasteiger partial charge in [-0.3, -0.25) is 10.5 Å². The van der Waals surface area contributed by atoms with Crippen LogP contribution in [0.3, 0.4) is 0 Å². The summed E-state index contributed by atoms with van der Waals surface area (Å²) >= 11 is 6.34. The van der Waals surface area contributed by atoms with Crippen LogP contribution in [0.2, 0.25) is 5.02 Å². The Morgan fingerprint density at radius 3 is 2.71 bits per heavy atom. The zero-order valence-corrected chi connectivity index (χ0v) is 13.4. The first-order valence-corrected chi connectivity index (χ1v) is 7.30. The van der Waals surface area contributed by atoms with Crippen molar-refractivity contribution in [1.82, 2.24) is 20.1 Å². The van der Waals surface area contributed by atoms with Crippen molar-refractivity contribution in [2.45, 2.75) is 19.5 Å². The van der Waals surface area contributed by atoms with E-state index in [1.165, 1.54) is 0 Å². The molecule has 114 valence electrons. The van der Waals surface area contributed by atoms with Crippen LogP contribution in [-0.2, 0) is 6.54 Å². The van der Waals surface area contributed by atoms with E-state index in [1.54, 1.807) is 6.20 Å². The van der Waals surface area contributed by atoms with Crippen LogP contribution in [0.4, 0.5) is 0 Å². The Morgan fingerprint density at radius 1 is 1.38 bits per heavy atom. The Morgan fingerprint density at radius 2 is 2.10 bits per heavy atom. The second-order valence-corrected chi connectivity index (χ2v) is 5.77. The molecular formula is C15H22ClN5. The lowest BCUT2D eigenvalue weighted by Gasteiger charge is -2.21. The molecule has 1 aromatic heterocycles. The molecule has 0 bridgehead atoms. The van der Waals surface area contributed by atoms with E-state index in [0.717, 1.165) is 29.9 Å². The molecule has 1 heterocycles. The van der Waals surface area contributed by atoms with E-state index < -0.39 is 0 Å². The highest BCUT2D eigenvalue weighted by atomic mass is 35.5. The summed E-state index contributed by atoms with van der Waals surface area (Å²) in [6.45, 7) is 3.71. The van der Waals surface area contributed by atoms with Crippen LogP contribution in [-0.4, -0.2) is 35.3 Å². The van der Waals surface area contributed by atoms with Gasteiger partial charge in [0.25, 0.3) is 0 Å². The fraction of sp³-hybridized carbons (Fsp3) is 0.400. The third kappa shape index (κ3) is 3.63. The maximum absolute atomic E-state index is 6.34. The fourth-order valence-electron chi connectivity index (χ4n) is 2.36. The van der Waals surface area contributed by atoms with Gasteiger partial charge in [0.2, 0.25) is 0 Å². The number of hydrogen-bond donors (Lipinski definition) is 2. The van der Waals surface area contributed by atoms with Gasteiger partial charge < -0.3 is 4.90 Å². The maximum Gasteiger partial charge on any atom is 0.0896 e. The number of hydrazine groups is 1. The van der Waals surface area contributed by atoms with Crippen LogP contribution in [0.25, 0.3) is 0 Å². The van der Waals surface area contributed by atoms with Gasteiger partial charge in [-0.1, -0.05) is 35.9 Å². The van der Waals surface area contributed by atoms with Gasteiger partial charge in [0.1, 0.15) is 0 Å². The predicted octanol–water partition coefficient (Wildman–Crippen LogP) is 1.96. The Hall–Kier alpha value is -1.40. The lowest BCUT2D eigenvalue weighted by Crippen LogP contribution is -2.32. The van der Waals surface area contributed by atoms with Gasteiger partial charge in [0.05, 0.1) is 29.5 Å². The van der Waals surface area contributed by atoms with Crippen LogP contribution in [0.15, 0.2) is 30.5 Å². The van der Waals surface area contributed by atoms with Crippen molar-refractivity contribution < 1.29 is 0 Å². The number of aromatic nitrogens is 2. The summed E-state index contributed by atoms with van der Waals surface area (Å²) in [4.78, 5) is 2.11. The first-order valence-electron chi connectivity index (χ1n) is 6.92. The van der Waals surface area contributed by atoms with Crippen LogP contribution in [0, 0.1) is 6.92 Å². The van der Waals surface area contributed by atoms with Crippen LogP contribution >= 0.6 is 11.6 Å². The van der Waals surface area contributed by atoms with Crippen LogP contribution < -0.4 is 11.3 Å². The molecule has 21 heavy (non-hydrogen) atoms. The number of likely N-dealkylation sites (N-methyl/N-ethyl adjacent to an activating group) is 1. The molecule has 0 radical (unpaired) electrons. The largest absolute Gasteiger partial charge is 0.308 e.